The van der Waals surface area contributed by atoms with Gasteiger partial charge in [0, 0.05) is 32.3 Å². The molecule has 0 unspecified atom stereocenters. The second-order valence-electron chi connectivity index (χ2n) is 7.65. The van der Waals surface area contributed by atoms with Crippen LogP contribution in [0.25, 0.3) is 0 Å². The number of carbonyl (C=O) groups excluding carboxylic acids is 1. The number of rotatable bonds is 11. The molecule has 1 aliphatic heterocycles. The summed E-state index contributed by atoms with van der Waals surface area (Å²) in [6.45, 7) is 3.81. The largest absolute Gasteiger partial charge is 0.493 e. The molecule has 0 saturated carbocycles. The molecular weight excluding hydrogens is 399 g/mol. The van der Waals surface area contributed by atoms with Crippen molar-refractivity contribution in [2.24, 2.45) is 0 Å². The standard InChI is InChI=1S/C24H31FN2O4/c1-27(21-9-13-29-14-10-21)12-16-31-23-4-2-3-19(17-23)18-26-24(28)11-15-30-22-7-5-20(25)6-8-22/h2-8,17,21H,9-16,18H2,1H3,(H,26,28). The molecule has 6 nitrogen and oxygen atoms in total. The van der Waals surface area contributed by atoms with Crippen LogP contribution in [0.15, 0.2) is 48.5 Å². The Hall–Kier alpha value is -2.64. The van der Waals surface area contributed by atoms with Gasteiger partial charge in [0.15, 0.2) is 0 Å². The number of hydrogen-bond donors (Lipinski definition) is 1. The lowest BCUT2D eigenvalue weighted by Gasteiger charge is -2.31. The van der Waals surface area contributed by atoms with Crippen LogP contribution in [0.3, 0.4) is 0 Å². The van der Waals surface area contributed by atoms with Crippen LogP contribution >= 0.6 is 0 Å². The van der Waals surface area contributed by atoms with E-state index in [1.54, 1.807) is 12.1 Å². The van der Waals surface area contributed by atoms with Crippen LogP contribution < -0.4 is 14.8 Å². The van der Waals surface area contributed by atoms with Gasteiger partial charge in [0.1, 0.15) is 23.9 Å². The zero-order chi connectivity index (χ0) is 21.9. The van der Waals surface area contributed by atoms with Crippen molar-refractivity contribution in [2.45, 2.75) is 31.8 Å². The highest BCUT2D eigenvalue weighted by molar-refractivity contribution is 5.76. The van der Waals surface area contributed by atoms with E-state index in [4.69, 9.17) is 14.2 Å². The van der Waals surface area contributed by atoms with E-state index < -0.39 is 0 Å². The van der Waals surface area contributed by atoms with Gasteiger partial charge in [-0.25, -0.2) is 4.39 Å². The van der Waals surface area contributed by atoms with E-state index in [0.29, 0.717) is 24.9 Å². The summed E-state index contributed by atoms with van der Waals surface area (Å²) in [5.41, 5.74) is 0.975. The molecule has 2 aromatic carbocycles. The molecule has 0 spiro atoms. The Morgan fingerprint density at radius 2 is 1.84 bits per heavy atom. The molecule has 1 fully saturated rings. The molecule has 0 aliphatic carbocycles. The number of hydrogen-bond acceptors (Lipinski definition) is 5. The average Bonchev–Trinajstić information content (AvgIpc) is 2.80. The monoisotopic (exact) mass is 430 g/mol. The van der Waals surface area contributed by atoms with Crippen LogP contribution in [0.5, 0.6) is 11.5 Å². The maximum Gasteiger partial charge on any atom is 0.223 e. The fraction of sp³-hybridized carbons (Fsp3) is 0.458. The predicted molar refractivity (Wildman–Crippen MR) is 117 cm³/mol. The van der Waals surface area contributed by atoms with E-state index in [1.165, 1.54) is 12.1 Å². The van der Waals surface area contributed by atoms with Crippen LogP contribution in [0.4, 0.5) is 4.39 Å². The Morgan fingerprint density at radius 1 is 1.10 bits per heavy atom. The molecule has 1 saturated heterocycles. The number of nitrogens with zero attached hydrogens (tertiary/aromatic N) is 1. The molecule has 0 aromatic heterocycles. The number of halogens is 1. The minimum atomic E-state index is -0.317. The molecule has 1 aliphatic rings. The molecule has 1 N–H and O–H groups in total. The molecule has 3 rings (SSSR count). The third-order valence-electron chi connectivity index (χ3n) is 5.33. The lowest BCUT2D eigenvalue weighted by atomic mass is 10.1. The smallest absolute Gasteiger partial charge is 0.223 e. The second-order valence-corrected chi connectivity index (χ2v) is 7.65. The minimum Gasteiger partial charge on any atom is -0.493 e. The van der Waals surface area contributed by atoms with E-state index in [2.05, 4.69) is 17.3 Å². The van der Waals surface area contributed by atoms with Crippen LogP contribution in [-0.2, 0) is 16.1 Å². The summed E-state index contributed by atoms with van der Waals surface area (Å²) in [5, 5.41) is 2.88. The number of likely N-dealkylation sites (N-methyl/N-ethyl adjacent to an activating group) is 1. The molecule has 0 bridgehead atoms. The van der Waals surface area contributed by atoms with Crippen LogP contribution in [0.2, 0.25) is 0 Å². The summed E-state index contributed by atoms with van der Waals surface area (Å²) >= 11 is 0. The van der Waals surface area contributed by atoms with Gasteiger partial charge in [-0.05, 0) is 61.9 Å². The highest BCUT2D eigenvalue weighted by Gasteiger charge is 2.18. The van der Waals surface area contributed by atoms with Gasteiger partial charge in [-0.15, -0.1) is 0 Å². The van der Waals surface area contributed by atoms with Crippen LogP contribution in [0.1, 0.15) is 24.8 Å². The number of carbonyl (C=O) groups is 1. The van der Waals surface area contributed by atoms with Crippen LogP contribution in [-0.4, -0.2) is 56.9 Å². The molecule has 0 atom stereocenters. The van der Waals surface area contributed by atoms with E-state index in [1.807, 2.05) is 24.3 Å². The van der Waals surface area contributed by atoms with Gasteiger partial charge in [-0.1, -0.05) is 12.1 Å². The third kappa shape index (κ3) is 8.19. The fourth-order valence-corrected chi connectivity index (χ4v) is 3.44. The molecule has 0 radical (unpaired) electrons. The summed E-state index contributed by atoms with van der Waals surface area (Å²) < 4.78 is 29.6. The van der Waals surface area contributed by atoms with Gasteiger partial charge >= 0.3 is 0 Å². The van der Waals surface area contributed by atoms with E-state index >= 15 is 0 Å². The van der Waals surface area contributed by atoms with Gasteiger partial charge in [0.25, 0.3) is 0 Å². The Balaban J connectivity index is 1.33. The summed E-state index contributed by atoms with van der Waals surface area (Å²) in [4.78, 5) is 14.4. The number of nitrogens with one attached hydrogen (secondary N) is 1. The maximum atomic E-state index is 12.9. The van der Waals surface area contributed by atoms with Gasteiger partial charge in [-0.3, -0.25) is 9.69 Å². The normalized spacial score (nSPS) is 14.4. The van der Waals surface area contributed by atoms with Crippen molar-refractivity contribution in [3.8, 4) is 11.5 Å². The fourth-order valence-electron chi connectivity index (χ4n) is 3.44. The first kappa shape index (κ1) is 23.0. The van der Waals surface area contributed by atoms with Crippen molar-refractivity contribution in [3.05, 3.63) is 59.9 Å². The molecule has 1 heterocycles. The molecule has 2 aromatic rings. The minimum absolute atomic E-state index is 0.105. The maximum absolute atomic E-state index is 12.9. The molecule has 7 heteroatoms. The zero-order valence-corrected chi connectivity index (χ0v) is 18.0. The average molecular weight is 431 g/mol. The Kier molecular flexibility index (Phi) is 9.12. The Labute approximate surface area is 183 Å². The summed E-state index contributed by atoms with van der Waals surface area (Å²) in [7, 11) is 2.13. The first-order valence-electron chi connectivity index (χ1n) is 10.7. The van der Waals surface area contributed by atoms with Crippen molar-refractivity contribution in [3.63, 3.8) is 0 Å². The van der Waals surface area contributed by atoms with E-state index in [9.17, 15) is 9.18 Å². The summed E-state index contributed by atoms with van der Waals surface area (Å²) in [5.74, 6) is 0.919. The van der Waals surface area contributed by atoms with E-state index in [-0.39, 0.29) is 24.8 Å². The first-order chi connectivity index (χ1) is 15.1. The van der Waals surface area contributed by atoms with Crippen molar-refractivity contribution in [2.75, 3.05) is 40.0 Å². The lowest BCUT2D eigenvalue weighted by molar-refractivity contribution is -0.121. The topological polar surface area (TPSA) is 60.0 Å². The van der Waals surface area contributed by atoms with Crippen molar-refractivity contribution >= 4 is 5.91 Å². The predicted octanol–water partition coefficient (Wildman–Crippen LogP) is 3.40. The Morgan fingerprint density at radius 3 is 2.61 bits per heavy atom. The van der Waals surface area contributed by atoms with Gasteiger partial charge in [0.2, 0.25) is 5.91 Å². The number of ether oxygens (including phenoxy) is 3. The van der Waals surface area contributed by atoms with Gasteiger partial charge in [0.05, 0.1) is 13.0 Å². The molecular formula is C24H31FN2O4. The molecule has 31 heavy (non-hydrogen) atoms. The number of amides is 1. The molecule has 1 amide bonds. The van der Waals surface area contributed by atoms with Crippen molar-refractivity contribution in [1.29, 1.82) is 0 Å². The van der Waals surface area contributed by atoms with E-state index in [0.717, 1.165) is 43.9 Å². The highest BCUT2D eigenvalue weighted by Crippen LogP contribution is 2.15. The number of benzene rings is 2. The van der Waals surface area contributed by atoms with Crippen molar-refractivity contribution < 1.29 is 23.4 Å². The van der Waals surface area contributed by atoms with Crippen molar-refractivity contribution in [1.82, 2.24) is 10.2 Å². The third-order valence-corrected chi connectivity index (χ3v) is 5.33. The summed E-state index contributed by atoms with van der Waals surface area (Å²) in [6.07, 6.45) is 2.37. The molecule has 168 valence electrons. The lowest BCUT2D eigenvalue weighted by Crippen LogP contribution is -2.38. The van der Waals surface area contributed by atoms with Crippen LogP contribution in [0, 0.1) is 5.82 Å². The SMILES string of the molecule is CN(CCOc1cccc(CNC(=O)CCOc2ccc(F)cc2)c1)C1CCOCC1. The first-order valence-corrected chi connectivity index (χ1v) is 10.7. The summed E-state index contributed by atoms with van der Waals surface area (Å²) in [6, 6.07) is 14.1. The Bertz CT molecular complexity index is 809. The zero-order valence-electron chi connectivity index (χ0n) is 18.0. The highest BCUT2D eigenvalue weighted by atomic mass is 19.1. The quantitative estimate of drug-likeness (QED) is 0.592. The van der Waals surface area contributed by atoms with Gasteiger partial charge < -0.3 is 19.5 Å². The second kappa shape index (κ2) is 12.3. The van der Waals surface area contributed by atoms with Gasteiger partial charge in [-0.2, -0.15) is 0 Å².